The molecule has 2 aromatic carbocycles. The third kappa shape index (κ3) is 5.83. The fourth-order valence-electron chi connectivity index (χ4n) is 2.15. The van der Waals surface area contributed by atoms with Crippen molar-refractivity contribution in [2.24, 2.45) is 0 Å². The number of aryl methyl sites for hydroxylation is 1. The molecule has 6 heteroatoms. The van der Waals surface area contributed by atoms with Crippen molar-refractivity contribution < 1.29 is 9.59 Å². The smallest absolute Gasteiger partial charge is 0.246 e. The Labute approximate surface area is 164 Å². The van der Waals surface area contributed by atoms with Gasteiger partial charge in [-0.05, 0) is 48.4 Å². The number of rotatable bonds is 5. The van der Waals surface area contributed by atoms with Crippen molar-refractivity contribution in [1.29, 1.82) is 0 Å². The number of carbonyl (C=O) groups excluding carboxylic acids is 2. The van der Waals surface area contributed by atoms with Gasteiger partial charge in [-0.2, -0.15) is 0 Å². The number of halogens is 2. The summed E-state index contributed by atoms with van der Waals surface area (Å²) in [4.78, 5) is 25.7. The summed E-state index contributed by atoms with van der Waals surface area (Å²) in [7, 11) is 1.60. The van der Waals surface area contributed by atoms with E-state index in [-0.39, 0.29) is 18.4 Å². The summed E-state index contributed by atoms with van der Waals surface area (Å²) in [5.41, 5.74) is 2.59. The first-order valence-electron chi connectivity index (χ1n) is 7.60. The summed E-state index contributed by atoms with van der Waals surface area (Å²) >= 11 is 6.82. The van der Waals surface area contributed by atoms with Crippen LogP contribution in [0.5, 0.6) is 0 Å². The second-order valence-corrected chi connectivity index (χ2v) is 7.33. The minimum Gasteiger partial charge on any atom is -0.333 e. The zero-order valence-electron chi connectivity index (χ0n) is 13.9. The lowest BCUT2D eigenvalue weighted by molar-refractivity contribution is -0.129. The average Bonchev–Trinajstić information content (AvgIpc) is 2.56. The highest BCUT2D eigenvalue weighted by Crippen LogP contribution is 2.20. The van der Waals surface area contributed by atoms with Crippen LogP contribution in [0.15, 0.2) is 57.5 Å². The predicted molar refractivity (Wildman–Crippen MR) is 108 cm³/mol. The Kier molecular flexibility index (Phi) is 6.96. The first-order chi connectivity index (χ1) is 11.9. The largest absolute Gasteiger partial charge is 0.333 e. The molecule has 0 unspecified atom stereocenters. The van der Waals surface area contributed by atoms with Gasteiger partial charge < -0.3 is 10.2 Å². The maximum Gasteiger partial charge on any atom is 0.246 e. The van der Waals surface area contributed by atoms with Gasteiger partial charge in [0.05, 0.1) is 6.54 Å². The number of hydrogen-bond acceptors (Lipinski definition) is 2. The van der Waals surface area contributed by atoms with Gasteiger partial charge >= 0.3 is 0 Å². The third-order valence-corrected chi connectivity index (χ3v) is 4.75. The number of nitrogens with one attached hydrogen (secondary N) is 1. The standard InChI is InChI=1S/C19H18Br2N2O2/c1-13-11-15(20)8-9-17(13)22-18(24)12-23(2)19(25)10-7-14-5-3-4-6-16(14)21/h3-11H,12H2,1-2H3,(H,22,24)/b10-7+. The zero-order chi connectivity index (χ0) is 18.4. The first kappa shape index (κ1) is 19.4. The normalized spacial score (nSPS) is 10.7. The van der Waals surface area contributed by atoms with Crippen LogP contribution in [0, 0.1) is 6.92 Å². The quantitative estimate of drug-likeness (QED) is 0.654. The van der Waals surface area contributed by atoms with Crippen LogP contribution in [0.25, 0.3) is 6.08 Å². The van der Waals surface area contributed by atoms with Gasteiger partial charge in [-0.1, -0.05) is 50.1 Å². The highest BCUT2D eigenvalue weighted by Gasteiger charge is 2.12. The van der Waals surface area contributed by atoms with Gasteiger partial charge in [0.25, 0.3) is 0 Å². The summed E-state index contributed by atoms with van der Waals surface area (Å²) in [6, 6.07) is 13.2. The summed E-state index contributed by atoms with van der Waals surface area (Å²) in [5, 5.41) is 2.82. The van der Waals surface area contributed by atoms with Gasteiger partial charge in [-0.25, -0.2) is 0 Å². The lowest BCUT2D eigenvalue weighted by Gasteiger charge is -2.15. The fraction of sp³-hybridized carbons (Fsp3) is 0.158. The molecular weight excluding hydrogens is 448 g/mol. The molecule has 0 aliphatic carbocycles. The molecule has 0 saturated heterocycles. The summed E-state index contributed by atoms with van der Waals surface area (Å²) in [6.45, 7) is 1.89. The SMILES string of the molecule is Cc1cc(Br)ccc1NC(=O)CN(C)C(=O)/C=C/c1ccccc1Br. The topological polar surface area (TPSA) is 49.4 Å². The van der Waals surface area contributed by atoms with Crippen molar-refractivity contribution in [3.8, 4) is 0 Å². The van der Waals surface area contributed by atoms with Crippen molar-refractivity contribution in [3.05, 3.63) is 68.6 Å². The minimum atomic E-state index is -0.240. The van der Waals surface area contributed by atoms with Crippen molar-refractivity contribution in [2.45, 2.75) is 6.92 Å². The van der Waals surface area contributed by atoms with E-state index in [1.54, 1.807) is 13.1 Å². The van der Waals surface area contributed by atoms with Crippen molar-refractivity contribution in [2.75, 3.05) is 18.9 Å². The van der Waals surface area contributed by atoms with E-state index in [1.807, 2.05) is 49.4 Å². The van der Waals surface area contributed by atoms with Gasteiger partial charge in [-0.3, -0.25) is 9.59 Å². The summed E-state index contributed by atoms with van der Waals surface area (Å²) in [5.74, 6) is -0.478. The van der Waals surface area contributed by atoms with Crippen LogP contribution < -0.4 is 5.32 Å². The molecule has 0 aromatic heterocycles. The van der Waals surface area contributed by atoms with E-state index in [0.717, 1.165) is 25.8 Å². The first-order valence-corrected chi connectivity index (χ1v) is 9.19. The summed E-state index contributed by atoms with van der Waals surface area (Å²) < 4.78 is 1.86. The van der Waals surface area contributed by atoms with Crippen LogP contribution in [-0.2, 0) is 9.59 Å². The molecule has 0 spiro atoms. The minimum absolute atomic E-state index is 0.0192. The number of amides is 2. The molecule has 2 amide bonds. The third-order valence-electron chi connectivity index (χ3n) is 3.53. The van der Waals surface area contributed by atoms with E-state index in [1.165, 1.54) is 11.0 Å². The van der Waals surface area contributed by atoms with Crippen LogP contribution in [-0.4, -0.2) is 30.3 Å². The highest BCUT2D eigenvalue weighted by molar-refractivity contribution is 9.10. The Morgan fingerprint density at radius 3 is 2.56 bits per heavy atom. The van der Waals surface area contributed by atoms with Gasteiger partial charge in [0.2, 0.25) is 11.8 Å². The lowest BCUT2D eigenvalue weighted by Crippen LogP contribution is -2.34. The van der Waals surface area contributed by atoms with Crippen LogP contribution in [0.4, 0.5) is 5.69 Å². The Hall–Kier alpha value is -1.92. The van der Waals surface area contributed by atoms with E-state index in [4.69, 9.17) is 0 Å². The molecule has 0 saturated carbocycles. The molecule has 0 fully saturated rings. The second-order valence-electron chi connectivity index (χ2n) is 5.56. The molecule has 0 aliphatic rings. The molecule has 130 valence electrons. The molecule has 4 nitrogen and oxygen atoms in total. The van der Waals surface area contributed by atoms with E-state index in [2.05, 4.69) is 37.2 Å². The Morgan fingerprint density at radius 2 is 1.88 bits per heavy atom. The molecule has 0 heterocycles. The van der Waals surface area contributed by atoms with Crippen LogP contribution in [0.1, 0.15) is 11.1 Å². The predicted octanol–water partition coefficient (Wildman–Crippen LogP) is 4.63. The number of likely N-dealkylation sites (N-methyl/N-ethyl adjacent to an activating group) is 1. The maximum absolute atomic E-state index is 12.2. The Morgan fingerprint density at radius 1 is 1.16 bits per heavy atom. The number of nitrogens with zero attached hydrogens (tertiary/aromatic N) is 1. The molecule has 1 N–H and O–H groups in total. The summed E-state index contributed by atoms with van der Waals surface area (Å²) in [6.07, 6.45) is 3.18. The number of hydrogen-bond donors (Lipinski definition) is 1. The van der Waals surface area contributed by atoms with Crippen molar-refractivity contribution in [3.63, 3.8) is 0 Å². The average molecular weight is 466 g/mol. The van der Waals surface area contributed by atoms with Crippen molar-refractivity contribution >= 4 is 55.4 Å². The van der Waals surface area contributed by atoms with Gasteiger partial charge in [0, 0.05) is 27.8 Å². The maximum atomic E-state index is 12.2. The molecule has 0 bridgehead atoms. The van der Waals surface area contributed by atoms with E-state index in [0.29, 0.717) is 0 Å². The molecule has 2 aromatic rings. The monoisotopic (exact) mass is 464 g/mol. The zero-order valence-corrected chi connectivity index (χ0v) is 17.1. The van der Waals surface area contributed by atoms with Crippen LogP contribution in [0.3, 0.4) is 0 Å². The Balaban J connectivity index is 1.94. The van der Waals surface area contributed by atoms with Crippen LogP contribution >= 0.6 is 31.9 Å². The van der Waals surface area contributed by atoms with Gasteiger partial charge in [-0.15, -0.1) is 0 Å². The van der Waals surface area contributed by atoms with Crippen molar-refractivity contribution in [1.82, 2.24) is 4.90 Å². The molecular formula is C19H18Br2N2O2. The van der Waals surface area contributed by atoms with Gasteiger partial charge in [0.1, 0.15) is 0 Å². The Bertz CT molecular complexity index is 819. The molecule has 0 aliphatic heterocycles. The van der Waals surface area contributed by atoms with E-state index < -0.39 is 0 Å². The van der Waals surface area contributed by atoms with E-state index in [9.17, 15) is 9.59 Å². The number of carbonyl (C=O) groups is 2. The van der Waals surface area contributed by atoms with E-state index >= 15 is 0 Å². The van der Waals surface area contributed by atoms with Crippen LogP contribution in [0.2, 0.25) is 0 Å². The number of benzene rings is 2. The highest BCUT2D eigenvalue weighted by atomic mass is 79.9. The van der Waals surface area contributed by atoms with Gasteiger partial charge in [0.15, 0.2) is 0 Å². The lowest BCUT2D eigenvalue weighted by atomic mass is 10.2. The number of anilines is 1. The molecule has 25 heavy (non-hydrogen) atoms. The molecule has 0 atom stereocenters. The molecule has 2 rings (SSSR count). The second kappa shape index (κ2) is 8.97. The molecule has 0 radical (unpaired) electrons. The fourth-order valence-corrected chi connectivity index (χ4v) is 3.04.